The molecular weight excluding hydrogens is 493 g/mol. The number of rotatable bonds is 6. The van der Waals surface area contributed by atoms with E-state index in [0.717, 1.165) is 12.1 Å². The Kier molecular flexibility index (Phi) is 6.72. The average Bonchev–Trinajstić information content (AvgIpc) is 3.43. The molecule has 0 fully saturated rings. The third-order valence-electron chi connectivity index (χ3n) is 5.36. The second-order valence-electron chi connectivity index (χ2n) is 8.52. The van der Waals surface area contributed by atoms with Crippen LogP contribution >= 0.6 is 11.3 Å². The molecule has 1 atom stereocenters. The van der Waals surface area contributed by atoms with Crippen LogP contribution in [-0.2, 0) is 6.18 Å². The molecule has 188 valence electrons. The molecule has 0 spiro atoms. The lowest BCUT2D eigenvalue weighted by atomic mass is 10.1. The largest absolute Gasteiger partial charge is 0.416 e. The summed E-state index contributed by atoms with van der Waals surface area (Å²) in [5.41, 5.74) is 7.45. The van der Waals surface area contributed by atoms with Crippen LogP contribution in [0.2, 0.25) is 0 Å². The number of anilines is 1. The quantitative estimate of drug-likeness (QED) is 0.344. The van der Waals surface area contributed by atoms with Crippen LogP contribution in [0.5, 0.6) is 0 Å². The third-order valence-corrected chi connectivity index (χ3v) is 6.29. The summed E-state index contributed by atoms with van der Waals surface area (Å²) in [6.07, 6.45) is -2.76. The molecule has 2 amide bonds. The molecule has 0 saturated heterocycles. The molecule has 0 bridgehead atoms. The molecule has 0 saturated carbocycles. The minimum Gasteiger partial charge on any atom is -0.366 e. The summed E-state index contributed by atoms with van der Waals surface area (Å²) in [5, 5.41) is 11.5. The first kappa shape index (κ1) is 25.2. The highest BCUT2D eigenvalue weighted by atomic mass is 32.1. The minimum absolute atomic E-state index is 0.0217. The fraction of sp³-hybridized carbons (Fsp3) is 0.250. The zero-order valence-electron chi connectivity index (χ0n) is 19.6. The molecule has 0 aliphatic rings. The van der Waals surface area contributed by atoms with E-state index in [1.165, 1.54) is 28.0 Å². The molecular formula is C24H23F3N6O2S. The molecule has 8 nitrogen and oxygen atoms in total. The van der Waals surface area contributed by atoms with Crippen molar-refractivity contribution >= 4 is 34.7 Å². The molecule has 0 unspecified atom stereocenters. The van der Waals surface area contributed by atoms with Gasteiger partial charge in [-0.15, -0.1) is 16.4 Å². The van der Waals surface area contributed by atoms with Crippen molar-refractivity contribution in [2.75, 3.05) is 5.73 Å². The van der Waals surface area contributed by atoms with Gasteiger partial charge in [0.05, 0.1) is 22.0 Å². The summed E-state index contributed by atoms with van der Waals surface area (Å²) in [6, 6.07) is 7.40. The van der Waals surface area contributed by atoms with Crippen molar-refractivity contribution in [1.82, 2.24) is 25.2 Å². The number of benzene rings is 1. The molecule has 12 heteroatoms. The molecule has 4 N–H and O–H groups in total. The molecule has 3 heterocycles. The maximum atomic E-state index is 12.8. The Bertz CT molecular complexity index is 1430. The van der Waals surface area contributed by atoms with Crippen molar-refractivity contribution in [3.8, 4) is 11.1 Å². The first-order valence-electron chi connectivity index (χ1n) is 11.0. The molecule has 0 aliphatic heterocycles. The predicted molar refractivity (Wildman–Crippen MR) is 131 cm³/mol. The number of hydrogen-bond donors (Lipinski definition) is 3. The van der Waals surface area contributed by atoms with Crippen LogP contribution in [0.4, 0.5) is 19.1 Å². The number of amides is 2. The van der Waals surface area contributed by atoms with Crippen molar-refractivity contribution in [1.29, 1.82) is 0 Å². The van der Waals surface area contributed by atoms with Gasteiger partial charge < -0.3 is 16.4 Å². The van der Waals surface area contributed by atoms with E-state index >= 15 is 0 Å². The lowest BCUT2D eigenvalue weighted by Crippen LogP contribution is -2.30. The van der Waals surface area contributed by atoms with E-state index in [1.54, 1.807) is 30.6 Å². The Morgan fingerprint density at radius 1 is 1.03 bits per heavy atom. The standard InChI is InChI=1S/C24H23F3N6O2S/c1-12(2)29-21(34)18-8-15(10-33-20(18)31-23(28)32-33)16-9-19(36-11-16)22(35)30-13(3)14-4-6-17(7-5-14)24(25,26)27/h4-13H,1-3H3,(H2,28,32)(H,29,34)(H,30,35)/t13-/m0/s1. The zero-order valence-corrected chi connectivity index (χ0v) is 20.4. The summed E-state index contributed by atoms with van der Waals surface area (Å²) in [7, 11) is 0. The van der Waals surface area contributed by atoms with Gasteiger partial charge in [0, 0.05) is 17.8 Å². The van der Waals surface area contributed by atoms with Gasteiger partial charge in [-0.25, -0.2) is 4.52 Å². The monoisotopic (exact) mass is 516 g/mol. The topological polar surface area (TPSA) is 114 Å². The first-order chi connectivity index (χ1) is 16.9. The van der Waals surface area contributed by atoms with Crippen LogP contribution in [-0.4, -0.2) is 32.5 Å². The number of carbonyl (C=O) groups is 2. The average molecular weight is 517 g/mol. The molecule has 36 heavy (non-hydrogen) atoms. The van der Waals surface area contributed by atoms with Gasteiger partial charge in [-0.3, -0.25) is 9.59 Å². The number of fused-ring (bicyclic) bond motifs is 1. The summed E-state index contributed by atoms with van der Waals surface area (Å²) < 4.78 is 39.8. The van der Waals surface area contributed by atoms with E-state index in [9.17, 15) is 22.8 Å². The molecule has 4 rings (SSSR count). The fourth-order valence-electron chi connectivity index (χ4n) is 3.59. The van der Waals surface area contributed by atoms with E-state index in [1.807, 2.05) is 13.8 Å². The van der Waals surface area contributed by atoms with Crippen LogP contribution in [0.3, 0.4) is 0 Å². The van der Waals surface area contributed by atoms with E-state index in [2.05, 4.69) is 20.7 Å². The Hall–Kier alpha value is -3.93. The van der Waals surface area contributed by atoms with Crippen molar-refractivity contribution < 1.29 is 22.8 Å². The van der Waals surface area contributed by atoms with Crippen LogP contribution in [0.1, 0.15) is 58.0 Å². The van der Waals surface area contributed by atoms with Crippen LogP contribution in [0.25, 0.3) is 16.8 Å². The maximum Gasteiger partial charge on any atom is 0.416 e. The van der Waals surface area contributed by atoms with Gasteiger partial charge in [-0.05, 0) is 61.5 Å². The number of nitrogens with one attached hydrogen (secondary N) is 2. The predicted octanol–water partition coefficient (Wildman–Crippen LogP) is 4.69. The van der Waals surface area contributed by atoms with E-state index in [4.69, 9.17) is 5.73 Å². The summed E-state index contributed by atoms with van der Waals surface area (Å²) in [4.78, 5) is 30.1. The molecule has 4 aromatic rings. The number of nitrogens with zero attached hydrogens (tertiary/aromatic N) is 3. The van der Waals surface area contributed by atoms with Gasteiger partial charge in [-0.1, -0.05) is 12.1 Å². The fourth-order valence-corrected chi connectivity index (χ4v) is 4.41. The highest BCUT2D eigenvalue weighted by Gasteiger charge is 2.30. The van der Waals surface area contributed by atoms with E-state index in [-0.39, 0.29) is 23.8 Å². The van der Waals surface area contributed by atoms with Gasteiger partial charge in [0.15, 0.2) is 5.65 Å². The number of alkyl halides is 3. The SMILES string of the molecule is CC(C)NC(=O)c1cc(-c2csc(C(=O)N[C@@H](C)c3ccc(C(F)(F)F)cc3)c2)cn2nc(N)nc12. The van der Waals surface area contributed by atoms with Gasteiger partial charge in [0.25, 0.3) is 11.8 Å². The summed E-state index contributed by atoms with van der Waals surface area (Å²) >= 11 is 1.20. The lowest BCUT2D eigenvalue weighted by molar-refractivity contribution is -0.137. The number of carbonyl (C=O) groups excluding carboxylic acids is 2. The van der Waals surface area contributed by atoms with Crippen molar-refractivity contribution in [2.24, 2.45) is 0 Å². The zero-order chi connectivity index (χ0) is 26.2. The Morgan fingerprint density at radius 3 is 2.36 bits per heavy atom. The van der Waals surface area contributed by atoms with Crippen LogP contribution in [0.15, 0.2) is 48.0 Å². The molecule has 3 aromatic heterocycles. The normalized spacial score (nSPS) is 12.6. The summed E-state index contributed by atoms with van der Waals surface area (Å²) in [6.45, 7) is 5.37. The lowest BCUT2D eigenvalue weighted by Gasteiger charge is -2.15. The third kappa shape index (κ3) is 5.33. The number of thiophene rings is 1. The number of pyridine rings is 1. The van der Waals surface area contributed by atoms with Gasteiger partial charge in [0.1, 0.15) is 0 Å². The van der Waals surface area contributed by atoms with Crippen LogP contribution < -0.4 is 16.4 Å². The van der Waals surface area contributed by atoms with Crippen molar-refractivity contribution in [2.45, 2.75) is 39.0 Å². The Labute approximate surface area is 208 Å². The Morgan fingerprint density at radius 2 is 1.72 bits per heavy atom. The smallest absolute Gasteiger partial charge is 0.366 e. The second-order valence-corrected chi connectivity index (χ2v) is 9.43. The second kappa shape index (κ2) is 9.61. The molecule has 0 radical (unpaired) electrons. The van der Waals surface area contributed by atoms with E-state index in [0.29, 0.717) is 32.8 Å². The highest BCUT2D eigenvalue weighted by Crippen LogP contribution is 2.31. The number of aromatic nitrogens is 3. The van der Waals surface area contributed by atoms with E-state index < -0.39 is 17.8 Å². The van der Waals surface area contributed by atoms with Crippen LogP contribution in [0, 0.1) is 0 Å². The van der Waals surface area contributed by atoms with Gasteiger partial charge >= 0.3 is 6.18 Å². The Balaban J connectivity index is 1.56. The number of nitrogens with two attached hydrogens (primary N) is 1. The first-order valence-corrected chi connectivity index (χ1v) is 11.8. The maximum absolute atomic E-state index is 12.8. The number of hydrogen-bond acceptors (Lipinski definition) is 6. The summed E-state index contributed by atoms with van der Waals surface area (Å²) in [5.74, 6) is -0.682. The highest BCUT2D eigenvalue weighted by molar-refractivity contribution is 7.12. The number of halogens is 3. The van der Waals surface area contributed by atoms with Crippen molar-refractivity contribution in [3.63, 3.8) is 0 Å². The minimum atomic E-state index is -4.42. The van der Waals surface area contributed by atoms with Gasteiger partial charge in [0.2, 0.25) is 5.95 Å². The van der Waals surface area contributed by atoms with Gasteiger partial charge in [-0.2, -0.15) is 18.2 Å². The molecule has 0 aliphatic carbocycles. The molecule has 1 aromatic carbocycles. The number of nitrogen functional groups attached to an aromatic ring is 1. The van der Waals surface area contributed by atoms with Crippen molar-refractivity contribution in [3.05, 3.63) is 69.5 Å².